The first-order chi connectivity index (χ1) is 23.4. The Bertz CT molecular complexity index is 2570. The van der Waals surface area contributed by atoms with Crippen molar-refractivity contribution in [3.63, 3.8) is 0 Å². The molecule has 1 heterocycles. The lowest BCUT2D eigenvalue weighted by atomic mass is 9.77. The molecule has 0 amide bonds. The maximum absolute atomic E-state index is 6.36. The van der Waals surface area contributed by atoms with E-state index in [0.717, 1.165) is 21.9 Å². The van der Waals surface area contributed by atoms with Crippen LogP contribution in [0, 0.1) is 0 Å². The van der Waals surface area contributed by atoms with Gasteiger partial charge in [0.15, 0.2) is 0 Å². The summed E-state index contributed by atoms with van der Waals surface area (Å²) >= 11 is 0. The zero-order valence-corrected chi connectivity index (χ0v) is 28.2. The second-order valence-electron chi connectivity index (χ2n) is 14.2. The van der Waals surface area contributed by atoms with Gasteiger partial charge in [-0.2, -0.15) is 0 Å². The molecular weight excluding hydrogens is 581 g/mol. The van der Waals surface area contributed by atoms with Crippen LogP contribution < -0.4 is 0 Å². The van der Waals surface area contributed by atoms with Crippen LogP contribution in [0.25, 0.3) is 82.9 Å². The quantitative estimate of drug-likeness (QED) is 0.179. The van der Waals surface area contributed by atoms with Crippen molar-refractivity contribution in [1.82, 2.24) is 0 Å². The number of benzene rings is 7. The number of furan rings is 1. The van der Waals surface area contributed by atoms with E-state index in [-0.39, 0.29) is 5.41 Å². The van der Waals surface area contributed by atoms with Gasteiger partial charge in [0, 0.05) is 16.2 Å². The van der Waals surface area contributed by atoms with Crippen LogP contribution in [0.1, 0.15) is 62.8 Å². The second kappa shape index (κ2) is 10.6. The summed E-state index contributed by atoms with van der Waals surface area (Å²) in [6.07, 6.45) is 4.52. The Morgan fingerprint density at radius 1 is 0.562 bits per heavy atom. The molecule has 232 valence electrons. The van der Waals surface area contributed by atoms with Crippen molar-refractivity contribution < 1.29 is 4.42 Å². The van der Waals surface area contributed by atoms with E-state index in [4.69, 9.17) is 4.42 Å². The lowest BCUT2D eigenvalue weighted by Crippen LogP contribution is -2.17. The van der Waals surface area contributed by atoms with Gasteiger partial charge in [0.2, 0.25) is 0 Å². The summed E-state index contributed by atoms with van der Waals surface area (Å²) in [4.78, 5) is 0. The van der Waals surface area contributed by atoms with Crippen molar-refractivity contribution in [1.29, 1.82) is 0 Å². The molecule has 0 spiro atoms. The first-order valence-corrected chi connectivity index (χ1v) is 17.2. The minimum atomic E-state index is -0.131. The molecule has 0 saturated heterocycles. The fraction of sp³-hybridized carbons (Fsp3) is 0.149. The minimum absolute atomic E-state index is 0.131. The van der Waals surface area contributed by atoms with Crippen molar-refractivity contribution in [3.05, 3.63) is 150 Å². The van der Waals surface area contributed by atoms with Crippen molar-refractivity contribution in [2.24, 2.45) is 0 Å². The smallest absolute Gasteiger partial charge is 0.136 e. The number of rotatable bonds is 4. The predicted molar refractivity (Wildman–Crippen MR) is 206 cm³/mol. The van der Waals surface area contributed by atoms with E-state index in [9.17, 15) is 0 Å². The van der Waals surface area contributed by atoms with Gasteiger partial charge < -0.3 is 4.42 Å². The molecule has 48 heavy (non-hydrogen) atoms. The van der Waals surface area contributed by atoms with E-state index in [0.29, 0.717) is 5.92 Å². The molecule has 0 fully saturated rings. The Kier molecular flexibility index (Phi) is 6.33. The molecule has 8 aromatic rings. The SMILES string of the molecule is C/C=C\c1c(C(C)C)ccc2c1C(C)(C)c1cc(-c3c4ccccc4c(-c4ccc5c(c4)oc4ccccc45)c4ccccc34)ccc1-2. The van der Waals surface area contributed by atoms with Crippen LogP contribution in [0.15, 0.2) is 132 Å². The van der Waals surface area contributed by atoms with Crippen LogP contribution in [0.3, 0.4) is 0 Å². The summed E-state index contributed by atoms with van der Waals surface area (Å²) in [6.45, 7) is 11.6. The van der Waals surface area contributed by atoms with Gasteiger partial charge in [0.1, 0.15) is 11.2 Å². The van der Waals surface area contributed by atoms with Crippen molar-refractivity contribution in [2.75, 3.05) is 0 Å². The van der Waals surface area contributed by atoms with Gasteiger partial charge in [-0.1, -0.05) is 137 Å². The highest BCUT2D eigenvalue weighted by atomic mass is 16.3. The standard InChI is InChI=1S/C47H38O/c1-6-13-39-31(28(2)3)24-25-40-32-22-20-29(26-41(32)47(4,5)46(39)40)44-35-15-7-9-17-37(35)45(38-18-10-8-16-36(38)44)30-21-23-34-33-14-11-12-19-42(33)48-43(34)27-30/h6-28H,1-5H3/b13-6-. The molecule has 9 rings (SSSR count). The average molecular weight is 619 g/mol. The molecule has 1 aliphatic carbocycles. The van der Waals surface area contributed by atoms with Crippen LogP contribution in [0.5, 0.6) is 0 Å². The van der Waals surface area contributed by atoms with Crippen molar-refractivity contribution in [2.45, 2.75) is 46.0 Å². The molecule has 1 heteroatoms. The van der Waals surface area contributed by atoms with Gasteiger partial charge in [0.25, 0.3) is 0 Å². The molecule has 1 aliphatic rings. The highest BCUT2D eigenvalue weighted by Gasteiger charge is 2.38. The Balaban J connectivity index is 1.29. The highest BCUT2D eigenvalue weighted by Crippen LogP contribution is 2.53. The van der Waals surface area contributed by atoms with Gasteiger partial charge in [-0.3, -0.25) is 0 Å². The summed E-state index contributed by atoms with van der Waals surface area (Å²) in [5, 5.41) is 7.34. The zero-order valence-electron chi connectivity index (χ0n) is 28.2. The van der Waals surface area contributed by atoms with Crippen LogP contribution >= 0.6 is 0 Å². The molecule has 0 bridgehead atoms. The van der Waals surface area contributed by atoms with Crippen molar-refractivity contribution in [3.8, 4) is 33.4 Å². The van der Waals surface area contributed by atoms with E-state index in [1.54, 1.807) is 0 Å². The maximum atomic E-state index is 6.36. The van der Waals surface area contributed by atoms with E-state index < -0.39 is 0 Å². The molecule has 0 saturated carbocycles. The number of para-hydroxylation sites is 1. The van der Waals surface area contributed by atoms with Crippen LogP contribution in [-0.4, -0.2) is 0 Å². The third-order valence-corrected chi connectivity index (χ3v) is 10.7. The van der Waals surface area contributed by atoms with E-state index in [1.165, 1.54) is 77.2 Å². The zero-order chi connectivity index (χ0) is 32.7. The van der Waals surface area contributed by atoms with Gasteiger partial charge in [-0.15, -0.1) is 0 Å². The van der Waals surface area contributed by atoms with Gasteiger partial charge in [-0.25, -0.2) is 0 Å². The topological polar surface area (TPSA) is 13.1 Å². The Hall–Kier alpha value is -5.40. The number of hydrogen-bond acceptors (Lipinski definition) is 1. The third-order valence-electron chi connectivity index (χ3n) is 10.7. The Labute approximate surface area is 282 Å². The summed E-state index contributed by atoms with van der Waals surface area (Å²) in [5.41, 5.74) is 15.1. The number of fused-ring (bicyclic) bond motifs is 8. The normalized spacial score (nSPS) is 13.8. The fourth-order valence-electron chi connectivity index (χ4n) is 8.60. The molecular formula is C47H38O. The largest absolute Gasteiger partial charge is 0.456 e. The van der Waals surface area contributed by atoms with Crippen LogP contribution in [0.2, 0.25) is 0 Å². The van der Waals surface area contributed by atoms with Gasteiger partial charge >= 0.3 is 0 Å². The number of allylic oxidation sites excluding steroid dienone is 1. The van der Waals surface area contributed by atoms with Gasteiger partial charge in [0.05, 0.1) is 0 Å². The minimum Gasteiger partial charge on any atom is -0.456 e. The molecule has 0 radical (unpaired) electrons. The van der Waals surface area contributed by atoms with Gasteiger partial charge in [-0.05, 0) is 114 Å². The third kappa shape index (κ3) is 4.04. The first-order valence-electron chi connectivity index (χ1n) is 17.2. The summed E-state index contributed by atoms with van der Waals surface area (Å²) in [7, 11) is 0. The molecule has 1 aromatic heterocycles. The van der Waals surface area contributed by atoms with Crippen LogP contribution in [0.4, 0.5) is 0 Å². The van der Waals surface area contributed by atoms with Crippen molar-refractivity contribution >= 4 is 49.6 Å². The lowest BCUT2D eigenvalue weighted by molar-refractivity contribution is 0.656. The first kappa shape index (κ1) is 28.8. The summed E-state index contributed by atoms with van der Waals surface area (Å²) in [6, 6.07) is 44.8. The summed E-state index contributed by atoms with van der Waals surface area (Å²) < 4.78 is 6.36. The summed E-state index contributed by atoms with van der Waals surface area (Å²) in [5.74, 6) is 0.459. The Morgan fingerprint density at radius 2 is 1.10 bits per heavy atom. The average Bonchev–Trinajstić information content (AvgIpc) is 3.58. The highest BCUT2D eigenvalue weighted by molar-refractivity contribution is 6.22. The van der Waals surface area contributed by atoms with E-state index in [2.05, 4.69) is 162 Å². The number of hydrogen-bond donors (Lipinski definition) is 0. The van der Waals surface area contributed by atoms with E-state index >= 15 is 0 Å². The van der Waals surface area contributed by atoms with E-state index in [1.807, 2.05) is 6.07 Å². The molecule has 0 atom stereocenters. The Morgan fingerprint density at radius 3 is 1.73 bits per heavy atom. The molecule has 0 unspecified atom stereocenters. The second-order valence-corrected chi connectivity index (χ2v) is 14.2. The molecule has 7 aromatic carbocycles. The predicted octanol–water partition coefficient (Wildman–Crippen LogP) is 13.7. The van der Waals surface area contributed by atoms with Crippen LogP contribution in [-0.2, 0) is 5.41 Å². The fourth-order valence-corrected chi connectivity index (χ4v) is 8.60. The molecule has 0 N–H and O–H groups in total. The monoisotopic (exact) mass is 618 g/mol. The molecule has 1 nitrogen and oxygen atoms in total. The maximum Gasteiger partial charge on any atom is 0.136 e. The molecule has 0 aliphatic heterocycles. The lowest BCUT2D eigenvalue weighted by Gasteiger charge is -2.26.